The molecule has 0 spiro atoms. The van der Waals surface area contributed by atoms with Gasteiger partial charge in [-0.1, -0.05) is 50.1 Å². The Bertz CT molecular complexity index is 415. The SMILES string of the molecule is CC1CCCC(N)(C(=O)CCCc2ccccc2)C1. The standard InChI is InChI=1S/C17H25NO/c1-14-7-6-12-17(18,13-14)16(19)11-5-10-15-8-3-2-4-9-15/h2-4,8-9,14H,5-7,10-13,18H2,1H3. The normalized spacial score (nSPS) is 27.2. The molecular weight excluding hydrogens is 234 g/mol. The number of hydrogen-bond donors (Lipinski definition) is 1. The minimum atomic E-state index is -0.533. The lowest BCUT2D eigenvalue weighted by atomic mass is 9.73. The van der Waals surface area contributed by atoms with Crippen LogP contribution in [-0.4, -0.2) is 11.3 Å². The summed E-state index contributed by atoms with van der Waals surface area (Å²) in [5, 5.41) is 0. The van der Waals surface area contributed by atoms with Gasteiger partial charge in [0.2, 0.25) is 0 Å². The van der Waals surface area contributed by atoms with E-state index in [0.29, 0.717) is 12.3 Å². The van der Waals surface area contributed by atoms with E-state index in [2.05, 4.69) is 19.1 Å². The summed E-state index contributed by atoms with van der Waals surface area (Å²) in [6.07, 6.45) is 6.57. The van der Waals surface area contributed by atoms with E-state index in [1.54, 1.807) is 0 Å². The zero-order valence-electron chi connectivity index (χ0n) is 11.9. The molecule has 2 atom stereocenters. The fraction of sp³-hybridized carbons (Fsp3) is 0.588. The van der Waals surface area contributed by atoms with E-state index in [1.807, 2.05) is 18.2 Å². The Balaban J connectivity index is 1.81. The summed E-state index contributed by atoms with van der Waals surface area (Å²) < 4.78 is 0. The van der Waals surface area contributed by atoms with E-state index in [-0.39, 0.29) is 5.78 Å². The van der Waals surface area contributed by atoms with Crippen molar-refractivity contribution in [2.75, 3.05) is 0 Å². The summed E-state index contributed by atoms with van der Waals surface area (Å²) in [5.41, 5.74) is 7.09. The third-order valence-electron chi connectivity index (χ3n) is 4.30. The van der Waals surface area contributed by atoms with Crippen molar-refractivity contribution in [3.8, 4) is 0 Å². The number of benzene rings is 1. The molecule has 1 aromatic carbocycles. The van der Waals surface area contributed by atoms with E-state index in [1.165, 1.54) is 12.0 Å². The number of carbonyl (C=O) groups excluding carboxylic acids is 1. The molecule has 2 rings (SSSR count). The largest absolute Gasteiger partial charge is 0.319 e. The van der Waals surface area contributed by atoms with Gasteiger partial charge in [0.05, 0.1) is 5.54 Å². The van der Waals surface area contributed by atoms with Crippen molar-refractivity contribution in [1.82, 2.24) is 0 Å². The van der Waals surface area contributed by atoms with Crippen LogP contribution in [0.15, 0.2) is 30.3 Å². The zero-order valence-corrected chi connectivity index (χ0v) is 11.9. The van der Waals surface area contributed by atoms with E-state index in [0.717, 1.165) is 32.1 Å². The van der Waals surface area contributed by atoms with Crippen LogP contribution in [0.4, 0.5) is 0 Å². The van der Waals surface area contributed by atoms with Gasteiger partial charge in [0.1, 0.15) is 0 Å². The third kappa shape index (κ3) is 3.90. The van der Waals surface area contributed by atoms with Crippen molar-refractivity contribution in [2.45, 2.75) is 57.4 Å². The first-order valence-electron chi connectivity index (χ1n) is 7.46. The number of rotatable bonds is 5. The van der Waals surface area contributed by atoms with Crippen molar-refractivity contribution in [1.29, 1.82) is 0 Å². The molecule has 2 heteroatoms. The molecule has 0 heterocycles. The molecule has 0 saturated heterocycles. The quantitative estimate of drug-likeness (QED) is 0.879. The third-order valence-corrected chi connectivity index (χ3v) is 4.30. The molecule has 2 N–H and O–H groups in total. The summed E-state index contributed by atoms with van der Waals surface area (Å²) in [5.74, 6) is 0.867. The molecule has 1 saturated carbocycles. The number of hydrogen-bond acceptors (Lipinski definition) is 2. The average Bonchev–Trinajstić information content (AvgIpc) is 2.39. The number of carbonyl (C=O) groups is 1. The second kappa shape index (κ2) is 6.33. The van der Waals surface area contributed by atoms with E-state index in [4.69, 9.17) is 5.73 Å². The number of ketones is 1. The van der Waals surface area contributed by atoms with E-state index >= 15 is 0 Å². The predicted molar refractivity (Wildman–Crippen MR) is 78.9 cm³/mol. The summed E-state index contributed by atoms with van der Waals surface area (Å²) >= 11 is 0. The maximum atomic E-state index is 12.3. The predicted octanol–water partition coefficient (Wildman–Crippen LogP) is 3.49. The summed E-state index contributed by atoms with van der Waals surface area (Å²) in [6.45, 7) is 2.21. The molecule has 0 aromatic heterocycles. The fourth-order valence-electron chi connectivity index (χ4n) is 3.19. The van der Waals surface area contributed by atoms with Crippen LogP contribution in [0.2, 0.25) is 0 Å². The Kier molecular flexibility index (Phi) is 4.76. The molecule has 0 aliphatic heterocycles. The lowest BCUT2D eigenvalue weighted by molar-refractivity contribution is -0.125. The van der Waals surface area contributed by atoms with Crippen LogP contribution < -0.4 is 5.73 Å². The van der Waals surface area contributed by atoms with Gasteiger partial charge in [-0.05, 0) is 37.2 Å². The molecule has 1 aliphatic rings. The molecule has 1 aromatic rings. The zero-order chi connectivity index (χ0) is 13.7. The Morgan fingerprint density at radius 2 is 2.11 bits per heavy atom. The molecule has 19 heavy (non-hydrogen) atoms. The van der Waals surface area contributed by atoms with Crippen molar-refractivity contribution in [2.24, 2.45) is 11.7 Å². The van der Waals surface area contributed by atoms with Crippen molar-refractivity contribution < 1.29 is 4.79 Å². The number of Topliss-reactive ketones (excluding diaryl/α,β-unsaturated/α-hetero) is 1. The van der Waals surface area contributed by atoms with Gasteiger partial charge in [-0.3, -0.25) is 4.79 Å². The van der Waals surface area contributed by atoms with Crippen LogP contribution in [0.5, 0.6) is 0 Å². The second-order valence-corrected chi connectivity index (χ2v) is 6.12. The number of aryl methyl sites for hydroxylation is 1. The highest BCUT2D eigenvalue weighted by molar-refractivity contribution is 5.88. The van der Waals surface area contributed by atoms with Gasteiger partial charge in [-0.2, -0.15) is 0 Å². The smallest absolute Gasteiger partial charge is 0.152 e. The highest BCUT2D eigenvalue weighted by Crippen LogP contribution is 2.32. The van der Waals surface area contributed by atoms with Gasteiger partial charge < -0.3 is 5.73 Å². The van der Waals surface area contributed by atoms with Crippen LogP contribution in [0, 0.1) is 5.92 Å². The lowest BCUT2D eigenvalue weighted by Gasteiger charge is -2.35. The van der Waals surface area contributed by atoms with Crippen molar-refractivity contribution >= 4 is 5.78 Å². The average molecular weight is 259 g/mol. The van der Waals surface area contributed by atoms with Crippen molar-refractivity contribution in [3.05, 3.63) is 35.9 Å². The fourth-order valence-corrected chi connectivity index (χ4v) is 3.19. The summed E-state index contributed by atoms with van der Waals surface area (Å²) in [4.78, 5) is 12.3. The van der Waals surface area contributed by atoms with Crippen LogP contribution in [-0.2, 0) is 11.2 Å². The molecule has 2 nitrogen and oxygen atoms in total. The second-order valence-electron chi connectivity index (χ2n) is 6.12. The maximum Gasteiger partial charge on any atom is 0.152 e. The summed E-state index contributed by atoms with van der Waals surface area (Å²) in [7, 11) is 0. The Hall–Kier alpha value is -1.15. The molecule has 1 fully saturated rings. The lowest BCUT2D eigenvalue weighted by Crippen LogP contribution is -2.50. The van der Waals surface area contributed by atoms with Crippen LogP contribution >= 0.6 is 0 Å². The van der Waals surface area contributed by atoms with E-state index in [9.17, 15) is 4.79 Å². The van der Waals surface area contributed by atoms with Crippen LogP contribution in [0.25, 0.3) is 0 Å². The van der Waals surface area contributed by atoms with Gasteiger partial charge in [0, 0.05) is 6.42 Å². The minimum Gasteiger partial charge on any atom is -0.319 e. The van der Waals surface area contributed by atoms with Gasteiger partial charge in [-0.15, -0.1) is 0 Å². The Morgan fingerprint density at radius 3 is 2.79 bits per heavy atom. The highest BCUT2D eigenvalue weighted by Gasteiger charge is 2.36. The first kappa shape index (κ1) is 14.3. The highest BCUT2D eigenvalue weighted by atomic mass is 16.1. The minimum absolute atomic E-state index is 0.273. The first-order valence-corrected chi connectivity index (χ1v) is 7.46. The van der Waals surface area contributed by atoms with Crippen LogP contribution in [0.1, 0.15) is 51.0 Å². The molecule has 2 unspecified atom stereocenters. The Morgan fingerprint density at radius 1 is 1.37 bits per heavy atom. The molecule has 1 aliphatic carbocycles. The Labute approximate surface area is 116 Å². The molecular formula is C17H25NO. The molecule has 104 valence electrons. The molecule has 0 radical (unpaired) electrons. The summed E-state index contributed by atoms with van der Waals surface area (Å²) in [6, 6.07) is 10.3. The van der Waals surface area contributed by atoms with Gasteiger partial charge in [0.15, 0.2) is 5.78 Å². The van der Waals surface area contributed by atoms with E-state index < -0.39 is 5.54 Å². The molecule has 0 amide bonds. The molecule has 0 bridgehead atoms. The van der Waals surface area contributed by atoms with Gasteiger partial charge >= 0.3 is 0 Å². The monoisotopic (exact) mass is 259 g/mol. The maximum absolute atomic E-state index is 12.3. The van der Waals surface area contributed by atoms with Crippen LogP contribution in [0.3, 0.4) is 0 Å². The topological polar surface area (TPSA) is 43.1 Å². The van der Waals surface area contributed by atoms with Gasteiger partial charge in [-0.25, -0.2) is 0 Å². The number of nitrogens with two attached hydrogens (primary N) is 1. The van der Waals surface area contributed by atoms with Crippen molar-refractivity contribution in [3.63, 3.8) is 0 Å². The van der Waals surface area contributed by atoms with Gasteiger partial charge in [0.25, 0.3) is 0 Å². The first-order chi connectivity index (χ1) is 9.10.